The summed E-state index contributed by atoms with van der Waals surface area (Å²) < 4.78 is 17.4. The van der Waals surface area contributed by atoms with Crippen molar-refractivity contribution >= 4 is 0 Å². The van der Waals surface area contributed by atoms with E-state index in [-0.39, 0.29) is 12.2 Å². The first-order valence-corrected chi connectivity index (χ1v) is 4.45. The van der Waals surface area contributed by atoms with Gasteiger partial charge in [0.2, 0.25) is 6.29 Å². The molecule has 0 fully saturated rings. The van der Waals surface area contributed by atoms with Crippen LogP contribution in [-0.2, 0) is 9.84 Å². The van der Waals surface area contributed by atoms with Gasteiger partial charge in [-0.2, -0.15) is 5.11 Å². The maximum absolute atomic E-state index is 12.7. The van der Waals surface area contributed by atoms with Gasteiger partial charge in [0.1, 0.15) is 11.9 Å². The largest absolute Gasteiger partial charge is 0.394 e. The zero-order valence-electron chi connectivity index (χ0n) is 7.97. The Bertz CT molecular complexity index is 305. The summed E-state index contributed by atoms with van der Waals surface area (Å²) in [4.78, 5) is 0. The smallest absolute Gasteiger partial charge is 0.217 e. The number of aliphatic hydroxyl groups is 2. The van der Waals surface area contributed by atoms with Gasteiger partial charge in [0.25, 0.3) is 0 Å². The normalized spacial score (nSPS) is 14.9. The molecular formula is C10H12FO4. The maximum atomic E-state index is 12.7. The summed E-state index contributed by atoms with van der Waals surface area (Å²) in [5, 5.41) is 28.7. The fourth-order valence-corrected chi connectivity index (χ4v) is 1.00. The summed E-state index contributed by atoms with van der Waals surface area (Å²) in [6.45, 7) is -0.753. The molecule has 0 aliphatic heterocycles. The molecule has 15 heavy (non-hydrogen) atoms. The number of rotatable bonds is 5. The van der Waals surface area contributed by atoms with Crippen molar-refractivity contribution in [3.05, 3.63) is 35.6 Å². The lowest BCUT2D eigenvalue weighted by Crippen LogP contribution is -2.20. The Balaban J connectivity index is 2.50. The van der Waals surface area contributed by atoms with Crippen LogP contribution in [0.25, 0.3) is 0 Å². The van der Waals surface area contributed by atoms with E-state index in [4.69, 9.17) is 14.9 Å². The molecule has 2 unspecified atom stereocenters. The Morgan fingerprint density at radius 1 is 1.47 bits per heavy atom. The van der Waals surface area contributed by atoms with Crippen LogP contribution in [-0.4, -0.2) is 29.5 Å². The van der Waals surface area contributed by atoms with Crippen LogP contribution in [0.1, 0.15) is 11.9 Å². The molecule has 0 heterocycles. The van der Waals surface area contributed by atoms with Gasteiger partial charge in [-0.25, -0.2) is 4.39 Å². The molecular weight excluding hydrogens is 203 g/mol. The van der Waals surface area contributed by atoms with E-state index in [9.17, 15) is 9.50 Å². The van der Waals surface area contributed by atoms with Crippen LogP contribution < -0.4 is 0 Å². The highest BCUT2D eigenvalue weighted by molar-refractivity contribution is 5.17. The number of aliphatic hydroxyl groups excluding tert-OH is 2. The third-order valence-corrected chi connectivity index (χ3v) is 1.77. The van der Waals surface area contributed by atoms with Crippen LogP contribution in [0.3, 0.4) is 0 Å². The minimum Gasteiger partial charge on any atom is -0.394 e. The summed E-state index contributed by atoms with van der Waals surface area (Å²) >= 11 is 0. The van der Waals surface area contributed by atoms with Gasteiger partial charge in [0, 0.05) is 5.56 Å². The highest BCUT2D eigenvalue weighted by Gasteiger charge is 2.12. The first-order chi connectivity index (χ1) is 7.13. The minimum absolute atomic E-state index is 0.153. The lowest BCUT2D eigenvalue weighted by molar-refractivity contribution is -0.163. The summed E-state index contributed by atoms with van der Waals surface area (Å²) in [6.07, 6.45) is -2.64. The summed E-state index contributed by atoms with van der Waals surface area (Å²) in [6, 6.07) is 5.13. The summed E-state index contributed by atoms with van der Waals surface area (Å²) in [5.41, 5.74) is 0.153. The average Bonchev–Trinajstić information content (AvgIpc) is 2.25. The SMILES string of the molecule is [O]C(OCC(O)CO)c1cccc(F)c1. The first kappa shape index (κ1) is 12.1. The topological polar surface area (TPSA) is 69.6 Å². The number of halogens is 1. The zero-order valence-corrected chi connectivity index (χ0v) is 7.97. The van der Waals surface area contributed by atoms with Crippen molar-refractivity contribution in [1.29, 1.82) is 0 Å². The van der Waals surface area contributed by atoms with Crippen molar-refractivity contribution in [2.24, 2.45) is 0 Å². The molecule has 1 aromatic carbocycles. The molecule has 1 aromatic rings. The maximum Gasteiger partial charge on any atom is 0.217 e. The van der Waals surface area contributed by atoms with Crippen LogP contribution in [0.15, 0.2) is 24.3 Å². The highest BCUT2D eigenvalue weighted by atomic mass is 19.1. The molecule has 2 atom stereocenters. The quantitative estimate of drug-likeness (QED) is 0.707. The lowest BCUT2D eigenvalue weighted by atomic mass is 10.2. The van der Waals surface area contributed by atoms with Crippen molar-refractivity contribution in [3.63, 3.8) is 0 Å². The van der Waals surface area contributed by atoms with Crippen LogP contribution in [0.5, 0.6) is 0 Å². The third kappa shape index (κ3) is 3.93. The first-order valence-electron chi connectivity index (χ1n) is 4.45. The van der Waals surface area contributed by atoms with Crippen LogP contribution >= 0.6 is 0 Å². The van der Waals surface area contributed by atoms with E-state index < -0.39 is 24.8 Å². The molecule has 0 saturated heterocycles. The molecule has 0 aromatic heterocycles. The molecule has 83 valence electrons. The fraction of sp³-hybridized carbons (Fsp3) is 0.400. The lowest BCUT2D eigenvalue weighted by Gasteiger charge is -2.12. The van der Waals surface area contributed by atoms with Gasteiger partial charge in [-0.15, -0.1) is 0 Å². The summed E-state index contributed by atoms with van der Waals surface area (Å²) in [7, 11) is 0. The zero-order chi connectivity index (χ0) is 11.3. The predicted octanol–water partition coefficient (Wildman–Crippen LogP) is 0.625. The molecule has 1 radical (unpaired) electrons. The molecule has 0 bridgehead atoms. The Kier molecular flexibility index (Phi) is 4.64. The molecule has 0 saturated carbocycles. The van der Waals surface area contributed by atoms with Crippen LogP contribution in [0, 0.1) is 5.82 Å². The number of hydrogen-bond donors (Lipinski definition) is 2. The van der Waals surface area contributed by atoms with E-state index in [0.717, 1.165) is 6.07 Å². The number of benzene rings is 1. The van der Waals surface area contributed by atoms with Crippen molar-refractivity contribution < 1.29 is 24.4 Å². The van der Waals surface area contributed by atoms with E-state index in [1.807, 2.05) is 0 Å². The van der Waals surface area contributed by atoms with Gasteiger partial charge in [0.05, 0.1) is 13.2 Å². The second kappa shape index (κ2) is 5.77. The second-order valence-electron chi connectivity index (χ2n) is 3.06. The molecule has 2 N–H and O–H groups in total. The number of ether oxygens (including phenoxy) is 1. The molecule has 0 aliphatic carbocycles. The van der Waals surface area contributed by atoms with Gasteiger partial charge in [0.15, 0.2) is 0 Å². The van der Waals surface area contributed by atoms with Crippen molar-refractivity contribution in [2.45, 2.75) is 12.4 Å². The minimum atomic E-state index is -1.55. The Hall–Kier alpha value is -1.01. The van der Waals surface area contributed by atoms with Gasteiger partial charge >= 0.3 is 0 Å². The monoisotopic (exact) mass is 215 g/mol. The fourth-order valence-electron chi connectivity index (χ4n) is 1.00. The standard InChI is InChI=1S/C10H12FO4/c11-8-3-1-2-7(4-8)10(14)15-6-9(13)5-12/h1-4,9-10,12-13H,5-6H2. The second-order valence-corrected chi connectivity index (χ2v) is 3.06. The van der Waals surface area contributed by atoms with Gasteiger partial charge < -0.3 is 14.9 Å². The van der Waals surface area contributed by atoms with Gasteiger partial charge in [-0.05, 0) is 12.1 Å². The van der Waals surface area contributed by atoms with E-state index >= 15 is 0 Å². The number of hydrogen-bond acceptors (Lipinski definition) is 3. The van der Waals surface area contributed by atoms with E-state index in [2.05, 4.69) is 0 Å². The Morgan fingerprint density at radius 2 is 2.20 bits per heavy atom. The molecule has 4 nitrogen and oxygen atoms in total. The third-order valence-electron chi connectivity index (χ3n) is 1.77. The molecule has 0 spiro atoms. The molecule has 1 rings (SSSR count). The predicted molar refractivity (Wildman–Crippen MR) is 48.9 cm³/mol. The average molecular weight is 215 g/mol. The van der Waals surface area contributed by atoms with Gasteiger partial charge in [-0.3, -0.25) is 0 Å². The van der Waals surface area contributed by atoms with E-state index in [1.54, 1.807) is 0 Å². The Morgan fingerprint density at radius 3 is 2.80 bits per heavy atom. The van der Waals surface area contributed by atoms with E-state index in [1.165, 1.54) is 18.2 Å². The van der Waals surface area contributed by atoms with E-state index in [0.29, 0.717) is 0 Å². The molecule has 0 aliphatic rings. The van der Waals surface area contributed by atoms with Gasteiger partial charge in [-0.1, -0.05) is 12.1 Å². The van der Waals surface area contributed by atoms with Crippen molar-refractivity contribution in [3.8, 4) is 0 Å². The van der Waals surface area contributed by atoms with Crippen molar-refractivity contribution in [2.75, 3.05) is 13.2 Å². The molecule has 5 heteroatoms. The van der Waals surface area contributed by atoms with Crippen molar-refractivity contribution in [1.82, 2.24) is 0 Å². The molecule has 0 amide bonds. The van der Waals surface area contributed by atoms with Crippen LogP contribution in [0.4, 0.5) is 4.39 Å². The van der Waals surface area contributed by atoms with Crippen LogP contribution in [0.2, 0.25) is 0 Å². The summed E-state index contributed by atoms with van der Waals surface area (Å²) in [5.74, 6) is -0.514. The highest BCUT2D eigenvalue weighted by Crippen LogP contribution is 2.15. The Labute approximate surface area is 86.6 Å².